The van der Waals surface area contributed by atoms with Crippen LogP contribution in [0.2, 0.25) is 0 Å². The van der Waals surface area contributed by atoms with E-state index in [0.29, 0.717) is 30.9 Å². The second-order valence-electron chi connectivity index (χ2n) is 6.61. The fourth-order valence-corrected chi connectivity index (χ4v) is 3.22. The molecule has 2 N–H and O–H groups in total. The van der Waals surface area contributed by atoms with Crippen molar-refractivity contribution in [1.82, 2.24) is 9.80 Å². The number of hydrogen-bond acceptors (Lipinski definition) is 4. The summed E-state index contributed by atoms with van der Waals surface area (Å²) in [5.41, 5.74) is 8.91. The molecule has 3 rings (SSSR count). The van der Waals surface area contributed by atoms with Crippen molar-refractivity contribution in [2.75, 3.05) is 39.0 Å². The van der Waals surface area contributed by atoms with Crippen LogP contribution in [0.4, 0.5) is 10.1 Å². The number of methoxy groups -OCH3 is 1. The Hall–Kier alpha value is -2.02. The van der Waals surface area contributed by atoms with Crippen LogP contribution in [0.25, 0.3) is 0 Å². The van der Waals surface area contributed by atoms with E-state index in [9.17, 15) is 9.18 Å². The van der Waals surface area contributed by atoms with E-state index in [1.807, 2.05) is 24.0 Å². The van der Waals surface area contributed by atoms with Gasteiger partial charge >= 0.3 is 0 Å². The molecule has 5 nitrogen and oxygen atoms in total. The van der Waals surface area contributed by atoms with Gasteiger partial charge in [0, 0.05) is 44.0 Å². The Labute approximate surface area is 177 Å². The van der Waals surface area contributed by atoms with Gasteiger partial charge in [-0.1, -0.05) is 12.1 Å². The van der Waals surface area contributed by atoms with Gasteiger partial charge in [0.1, 0.15) is 0 Å². The first-order valence-electron chi connectivity index (χ1n) is 8.68. The van der Waals surface area contributed by atoms with E-state index in [1.54, 1.807) is 18.2 Å². The lowest BCUT2D eigenvalue weighted by Gasteiger charge is -2.35. The number of rotatable bonds is 4. The summed E-state index contributed by atoms with van der Waals surface area (Å²) in [5, 5.41) is 0. The van der Waals surface area contributed by atoms with E-state index in [4.69, 9.17) is 10.5 Å². The lowest BCUT2D eigenvalue weighted by Crippen LogP contribution is -2.48. The van der Waals surface area contributed by atoms with Crippen LogP contribution >= 0.6 is 24.8 Å². The number of amides is 1. The van der Waals surface area contributed by atoms with Gasteiger partial charge < -0.3 is 15.4 Å². The SMILES string of the molecule is COc1ccc(CN2CCN(C(=O)c3cc(N)ccc3C)CC2)cc1F.Cl.Cl. The summed E-state index contributed by atoms with van der Waals surface area (Å²) in [6, 6.07) is 10.4. The molecule has 0 aromatic heterocycles. The van der Waals surface area contributed by atoms with Crippen molar-refractivity contribution < 1.29 is 13.9 Å². The standard InChI is InChI=1S/C20H24FN3O2.2ClH/c1-14-3-5-16(22)12-17(14)20(25)24-9-7-23(8-10-24)13-15-4-6-19(26-2)18(21)11-15;;/h3-6,11-12H,7-10,13,22H2,1-2H3;2*1H. The molecular formula is C20H26Cl2FN3O2. The van der Waals surface area contributed by atoms with Gasteiger partial charge in [0.2, 0.25) is 0 Å². The van der Waals surface area contributed by atoms with E-state index >= 15 is 0 Å². The zero-order chi connectivity index (χ0) is 18.7. The number of nitrogens with zero attached hydrogens (tertiary/aromatic N) is 2. The van der Waals surface area contributed by atoms with Crippen molar-refractivity contribution in [2.45, 2.75) is 13.5 Å². The lowest BCUT2D eigenvalue weighted by atomic mass is 10.1. The Morgan fingerprint density at radius 1 is 1.11 bits per heavy atom. The highest BCUT2D eigenvalue weighted by molar-refractivity contribution is 5.96. The number of ether oxygens (including phenoxy) is 1. The number of hydrogen-bond donors (Lipinski definition) is 1. The minimum Gasteiger partial charge on any atom is -0.494 e. The topological polar surface area (TPSA) is 58.8 Å². The van der Waals surface area contributed by atoms with Crippen molar-refractivity contribution in [1.29, 1.82) is 0 Å². The highest BCUT2D eigenvalue weighted by atomic mass is 35.5. The van der Waals surface area contributed by atoms with Crippen LogP contribution in [-0.4, -0.2) is 49.0 Å². The Morgan fingerprint density at radius 3 is 2.39 bits per heavy atom. The second kappa shape index (κ2) is 10.5. The molecule has 154 valence electrons. The minimum absolute atomic E-state index is 0. The Morgan fingerprint density at radius 2 is 1.79 bits per heavy atom. The summed E-state index contributed by atoms with van der Waals surface area (Å²) in [5.74, 6) is -0.0810. The number of anilines is 1. The molecule has 1 heterocycles. The van der Waals surface area contributed by atoms with Crippen molar-refractivity contribution in [3.8, 4) is 5.75 Å². The third kappa shape index (κ3) is 5.50. The van der Waals surface area contributed by atoms with Gasteiger partial charge in [-0.05, 0) is 42.3 Å². The average Bonchev–Trinajstić information content (AvgIpc) is 2.64. The van der Waals surface area contributed by atoms with Gasteiger partial charge in [-0.25, -0.2) is 4.39 Å². The largest absolute Gasteiger partial charge is 0.494 e. The molecule has 0 saturated carbocycles. The Bertz CT molecular complexity index is 812. The fraction of sp³-hybridized carbons (Fsp3) is 0.350. The smallest absolute Gasteiger partial charge is 0.254 e. The molecule has 1 aliphatic heterocycles. The number of nitrogens with two attached hydrogens (primary N) is 1. The van der Waals surface area contributed by atoms with Crippen LogP contribution in [-0.2, 0) is 6.54 Å². The summed E-state index contributed by atoms with van der Waals surface area (Å²) in [6.07, 6.45) is 0. The molecule has 28 heavy (non-hydrogen) atoms. The van der Waals surface area contributed by atoms with Crippen molar-refractivity contribution in [3.63, 3.8) is 0 Å². The maximum Gasteiger partial charge on any atom is 0.254 e. The zero-order valence-electron chi connectivity index (χ0n) is 16.0. The summed E-state index contributed by atoms with van der Waals surface area (Å²) in [7, 11) is 1.45. The molecule has 8 heteroatoms. The third-order valence-corrected chi connectivity index (χ3v) is 4.77. The number of aryl methyl sites for hydroxylation is 1. The molecule has 1 aliphatic rings. The highest BCUT2D eigenvalue weighted by Gasteiger charge is 2.23. The third-order valence-electron chi connectivity index (χ3n) is 4.77. The van der Waals surface area contributed by atoms with Gasteiger partial charge in [0.25, 0.3) is 5.91 Å². The molecule has 0 bridgehead atoms. The van der Waals surface area contributed by atoms with E-state index < -0.39 is 0 Å². The van der Waals surface area contributed by atoms with Crippen LogP contribution < -0.4 is 10.5 Å². The number of piperazine rings is 1. The predicted octanol–water partition coefficient (Wildman–Crippen LogP) is 3.53. The van der Waals surface area contributed by atoms with Crippen molar-refractivity contribution in [3.05, 3.63) is 58.9 Å². The molecule has 0 unspecified atom stereocenters. The van der Waals surface area contributed by atoms with E-state index in [0.717, 1.165) is 24.2 Å². The van der Waals surface area contributed by atoms with Gasteiger partial charge in [-0.2, -0.15) is 0 Å². The van der Waals surface area contributed by atoms with Crippen LogP contribution in [0.5, 0.6) is 5.75 Å². The van der Waals surface area contributed by atoms with Gasteiger partial charge in [0.05, 0.1) is 7.11 Å². The number of carbonyl (C=O) groups excluding carboxylic acids is 1. The molecule has 1 fully saturated rings. The molecule has 0 spiro atoms. The number of halogens is 3. The van der Waals surface area contributed by atoms with Crippen LogP contribution in [0.3, 0.4) is 0 Å². The Balaban J connectivity index is 0.00000196. The molecule has 2 aromatic rings. The quantitative estimate of drug-likeness (QED) is 0.755. The van der Waals surface area contributed by atoms with Crippen molar-refractivity contribution in [2.24, 2.45) is 0 Å². The first-order chi connectivity index (χ1) is 12.5. The molecule has 0 atom stereocenters. The predicted molar refractivity (Wildman–Crippen MR) is 114 cm³/mol. The van der Waals surface area contributed by atoms with Gasteiger partial charge in [-0.3, -0.25) is 9.69 Å². The number of benzene rings is 2. The summed E-state index contributed by atoms with van der Waals surface area (Å²) < 4.78 is 18.8. The summed E-state index contributed by atoms with van der Waals surface area (Å²) >= 11 is 0. The van der Waals surface area contributed by atoms with Gasteiger partial charge in [-0.15, -0.1) is 24.8 Å². The Kier molecular flexibility index (Phi) is 9.01. The molecule has 0 radical (unpaired) electrons. The molecule has 0 aliphatic carbocycles. The number of carbonyl (C=O) groups is 1. The fourth-order valence-electron chi connectivity index (χ4n) is 3.22. The first-order valence-corrected chi connectivity index (χ1v) is 8.68. The maximum absolute atomic E-state index is 13.8. The second-order valence-corrected chi connectivity index (χ2v) is 6.61. The normalized spacial score (nSPS) is 14.0. The van der Waals surface area contributed by atoms with Crippen LogP contribution in [0.1, 0.15) is 21.5 Å². The van der Waals surface area contributed by atoms with Crippen molar-refractivity contribution >= 4 is 36.4 Å². The first kappa shape index (κ1) is 24.0. The molecular weight excluding hydrogens is 404 g/mol. The molecule has 1 saturated heterocycles. The monoisotopic (exact) mass is 429 g/mol. The van der Waals surface area contributed by atoms with E-state index in [-0.39, 0.29) is 42.3 Å². The van der Waals surface area contributed by atoms with Crippen LogP contribution in [0.15, 0.2) is 36.4 Å². The minimum atomic E-state index is -0.351. The summed E-state index contributed by atoms with van der Waals surface area (Å²) in [6.45, 7) is 5.36. The van der Waals surface area contributed by atoms with E-state index in [1.165, 1.54) is 13.2 Å². The molecule has 2 aromatic carbocycles. The number of nitrogen functional groups attached to an aromatic ring is 1. The zero-order valence-corrected chi connectivity index (χ0v) is 17.6. The lowest BCUT2D eigenvalue weighted by molar-refractivity contribution is 0.0627. The van der Waals surface area contributed by atoms with E-state index in [2.05, 4.69) is 4.90 Å². The maximum atomic E-state index is 13.8. The van der Waals surface area contributed by atoms with Gasteiger partial charge in [0.15, 0.2) is 11.6 Å². The highest BCUT2D eigenvalue weighted by Crippen LogP contribution is 2.20. The average molecular weight is 430 g/mol. The van der Waals surface area contributed by atoms with Crippen LogP contribution in [0, 0.1) is 12.7 Å². The molecule has 1 amide bonds. The summed E-state index contributed by atoms with van der Waals surface area (Å²) in [4.78, 5) is 16.8.